The highest BCUT2D eigenvalue weighted by Crippen LogP contribution is 2.53. The number of nitrogens with zero attached hydrogens (tertiary/aromatic N) is 1. The van der Waals surface area contributed by atoms with Crippen molar-refractivity contribution in [3.63, 3.8) is 0 Å². The first-order valence-electron chi connectivity index (χ1n) is 6.79. The molecule has 3 heteroatoms. The first-order valence-corrected chi connectivity index (χ1v) is 7.54. The van der Waals surface area contributed by atoms with Gasteiger partial charge in [-0.2, -0.15) is 0 Å². The molecular weight excluding hydrogens is 265 g/mol. The number of halogens is 2. The van der Waals surface area contributed by atoms with Gasteiger partial charge in [0, 0.05) is 29.1 Å². The van der Waals surface area contributed by atoms with Gasteiger partial charge in [-0.05, 0) is 48.4 Å². The molecule has 0 N–H and O–H groups in total. The zero-order valence-electron chi connectivity index (χ0n) is 10.5. The summed E-state index contributed by atoms with van der Waals surface area (Å²) in [4.78, 5) is 0. The van der Waals surface area contributed by atoms with Crippen LogP contribution in [0.15, 0.2) is 18.2 Å². The van der Waals surface area contributed by atoms with Crippen molar-refractivity contribution < 1.29 is 0 Å². The van der Waals surface area contributed by atoms with Crippen molar-refractivity contribution in [1.82, 2.24) is 5.32 Å². The van der Waals surface area contributed by atoms with E-state index in [0.29, 0.717) is 11.3 Å². The second-order valence-electron chi connectivity index (χ2n) is 5.70. The molecule has 1 aliphatic carbocycles. The van der Waals surface area contributed by atoms with Crippen LogP contribution in [-0.4, -0.2) is 13.1 Å². The van der Waals surface area contributed by atoms with Crippen molar-refractivity contribution in [2.24, 2.45) is 5.41 Å². The van der Waals surface area contributed by atoms with E-state index in [4.69, 9.17) is 23.2 Å². The molecule has 1 aromatic carbocycles. The van der Waals surface area contributed by atoms with Crippen LogP contribution in [0.5, 0.6) is 0 Å². The summed E-state index contributed by atoms with van der Waals surface area (Å²) in [6.07, 6.45) is 6.66. The Labute approximate surface area is 119 Å². The van der Waals surface area contributed by atoms with Crippen LogP contribution in [0, 0.1) is 5.41 Å². The predicted molar refractivity (Wildman–Crippen MR) is 76.6 cm³/mol. The van der Waals surface area contributed by atoms with Gasteiger partial charge in [0.15, 0.2) is 0 Å². The molecule has 1 atom stereocenters. The highest BCUT2D eigenvalue weighted by atomic mass is 35.5. The lowest BCUT2D eigenvalue weighted by Crippen LogP contribution is -2.39. The Morgan fingerprint density at radius 3 is 2.33 bits per heavy atom. The van der Waals surface area contributed by atoms with Gasteiger partial charge in [0.05, 0.1) is 0 Å². The molecule has 1 aliphatic heterocycles. The highest BCUT2D eigenvalue weighted by molar-refractivity contribution is 6.34. The van der Waals surface area contributed by atoms with Crippen LogP contribution in [0.1, 0.15) is 43.6 Å². The van der Waals surface area contributed by atoms with Gasteiger partial charge >= 0.3 is 0 Å². The molecule has 1 heterocycles. The third-order valence-corrected chi connectivity index (χ3v) is 5.14. The average molecular weight is 283 g/mol. The topological polar surface area (TPSA) is 14.1 Å². The van der Waals surface area contributed by atoms with Gasteiger partial charge in [-0.15, -0.1) is 0 Å². The lowest BCUT2D eigenvalue weighted by Gasteiger charge is -2.41. The molecular formula is C15H18Cl2N. The molecule has 1 radical (unpaired) electrons. The molecule has 2 aliphatic rings. The molecule has 0 aromatic heterocycles. The fourth-order valence-corrected chi connectivity index (χ4v) is 4.35. The fraction of sp³-hybridized carbons (Fsp3) is 0.600. The van der Waals surface area contributed by atoms with Crippen molar-refractivity contribution in [1.29, 1.82) is 0 Å². The molecule has 2 fully saturated rings. The van der Waals surface area contributed by atoms with Gasteiger partial charge in [-0.1, -0.05) is 36.0 Å². The Balaban J connectivity index is 1.97. The molecule has 1 spiro atoms. The number of benzene rings is 1. The second-order valence-corrected chi connectivity index (χ2v) is 6.58. The smallest absolute Gasteiger partial charge is 0.0423 e. The van der Waals surface area contributed by atoms with E-state index in [1.54, 1.807) is 0 Å². The van der Waals surface area contributed by atoms with Gasteiger partial charge in [0.2, 0.25) is 0 Å². The maximum atomic E-state index is 6.15. The predicted octanol–water partition coefficient (Wildman–Crippen LogP) is 4.65. The zero-order valence-corrected chi connectivity index (χ0v) is 12.0. The van der Waals surface area contributed by atoms with Crippen molar-refractivity contribution in [2.45, 2.75) is 38.0 Å². The molecule has 1 aromatic rings. The van der Waals surface area contributed by atoms with Crippen molar-refractivity contribution >= 4 is 23.2 Å². The Morgan fingerprint density at radius 1 is 1.00 bits per heavy atom. The lowest BCUT2D eigenvalue weighted by atomic mass is 9.67. The molecule has 97 valence electrons. The van der Waals surface area contributed by atoms with Crippen LogP contribution in [-0.2, 0) is 0 Å². The molecule has 18 heavy (non-hydrogen) atoms. The number of hydrogen-bond donors (Lipinski definition) is 0. The monoisotopic (exact) mass is 282 g/mol. The van der Waals surface area contributed by atoms with Crippen LogP contribution in [0.2, 0.25) is 10.0 Å². The molecule has 1 nitrogen and oxygen atoms in total. The minimum Gasteiger partial charge on any atom is -0.241 e. The van der Waals surface area contributed by atoms with E-state index in [2.05, 4.69) is 17.4 Å². The molecule has 1 saturated carbocycles. The summed E-state index contributed by atoms with van der Waals surface area (Å²) in [5, 5.41) is 6.12. The van der Waals surface area contributed by atoms with Gasteiger partial charge in [0.25, 0.3) is 0 Å². The standard InChI is InChI=1S/C15H18Cl2N/c16-12-7-11(8-13(17)9-12)14-10-18-6-5-15(14)3-1-2-4-15/h7-9,14H,1-6,10H2. The number of hydrogen-bond acceptors (Lipinski definition) is 0. The molecule has 0 amide bonds. The third-order valence-electron chi connectivity index (χ3n) is 4.71. The normalized spacial score (nSPS) is 26.7. The third kappa shape index (κ3) is 2.29. The average Bonchev–Trinajstić information content (AvgIpc) is 2.77. The first kappa shape index (κ1) is 12.8. The Kier molecular flexibility index (Phi) is 3.57. The van der Waals surface area contributed by atoms with E-state index in [9.17, 15) is 0 Å². The second kappa shape index (κ2) is 5.03. The highest BCUT2D eigenvalue weighted by Gasteiger charge is 2.43. The summed E-state index contributed by atoms with van der Waals surface area (Å²) in [6, 6.07) is 5.98. The van der Waals surface area contributed by atoms with Crippen LogP contribution >= 0.6 is 23.2 Å². The van der Waals surface area contributed by atoms with Crippen molar-refractivity contribution in [3.8, 4) is 0 Å². The summed E-state index contributed by atoms with van der Waals surface area (Å²) in [5.74, 6) is 0.518. The maximum Gasteiger partial charge on any atom is 0.0423 e. The SMILES string of the molecule is Clc1cc(Cl)cc(C2C[N]CCC23CCCC3)c1. The van der Waals surface area contributed by atoms with Gasteiger partial charge < -0.3 is 0 Å². The van der Waals surface area contributed by atoms with E-state index in [-0.39, 0.29) is 0 Å². The molecule has 3 rings (SSSR count). The summed E-state index contributed by atoms with van der Waals surface area (Å²) in [5.41, 5.74) is 1.76. The first-order chi connectivity index (χ1) is 8.70. The van der Waals surface area contributed by atoms with Gasteiger partial charge in [-0.25, -0.2) is 5.32 Å². The van der Waals surface area contributed by atoms with E-state index in [1.165, 1.54) is 37.7 Å². The summed E-state index contributed by atoms with van der Waals surface area (Å²) in [7, 11) is 0. The van der Waals surface area contributed by atoms with Crippen molar-refractivity contribution in [2.75, 3.05) is 13.1 Å². The van der Waals surface area contributed by atoms with Gasteiger partial charge in [-0.3, -0.25) is 0 Å². The number of rotatable bonds is 1. The molecule has 0 bridgehead atoms. The Bertz CT molecular complexity index is 418. The minimum absolute atomic E-state index is 0.468. The lowest BCUT2D eigenvalue weighted by molar-refractivity contribution is 0.168. The minimum atomic E-state index is 0.468. The maximum absolute atomic E-state index is 6.15. The summed E-state index contributed by atoms with van der Waals surface area (Å²) in [6.45, 7) is 1.97. The quantitative estimate of drug-likeness (QED) is 0.712. The summed E-state index contributed by atoms with van der Waals surface area (Å²) < 4.78 is 0. The van der Waals surface area contributed by atoms with Crippen LogP contribution in [0.4, 0.5) is 0 Å². The van der Waals surface area contributed by atoms with E-state index >= 15 is 0 Å². The van der Waals surface area contributed by atoms with Crippen LogP contribution in [0.3, 0.4) is 0 Å². The van der Waals surface area contributed by atoms with Crippen LogP contribution in [0.25, 0.3) is 0 Å². The number of piperidine rings is 1. The molecule has 1 saturated heterocycles. The van der Waals surface area contributed by atoms with Crippen LogP contribution < -0.4 is 5.32 Å². The van der Waals surface area contributed by atoms with Gasteiger partial charge in [0.1, 0.15) is 0 Å². The Morgan fingerprint density at radius 2 is 1.67 bits per heavy atom. The largest absolute Gasteiger partial charge is 0.241 e. The van der Waals surface area contributed by atoms with E-state index in [0.717, 1.165) is 23.1 Å². The Hall–Kier alpha value is -0.240. The van der Waals surface area contributed by atoms with E-state index < -0.39 is 0 Å². The van der Waals surface area contributed by atoms with E-state index in [1.807, 2.05) is 6.07 Å². The molecule has 1 unspecified atom stereocenters. The fourth-order valence-electron chi connectivity index (χ4n) is 3.80. The zero-order chi connectivity index (χ0) is 12.6. The van der Waals surface area contributed by atoms with Crippen molar-refractivity contribution in [3.05, 3.63) is 33.8 Å². The summed E-state index contributed by atoms with van der Waals surface area (Å²) >= 11 is 12.3.